The molecule has 0 saturated heterocycles. The molecule has 6 heteroatoms. The van der Waals surface area contributed by atoms with Gasteiger partial charge in [0.05, 0.1) is 13.0 Å². The molecule has 0 unspecified atom stereocenters. The summed E-state index contributed by atoms with van der Waals surface area (Å²) in [7, 11) is 0. The van der Waals surface area contributed by atoms with Crippen LogP contribution in [0, 0.1) is 0 Å². The molecule has 0 radical (unpaired) electrons. The molecule has 6 nitrogen and oxygen atoms in total. The van der Waals surface area contributed by atoms with E-state index in [2.05, 4.69) is 12.2 Å². The fraction of sp³-hybridized carbons (Fsp3) is 0.812. The highest BCUT2D eigenvalue weighted by molar-refractivity contribution is 5.87. The largest absolute Gasteiger partial charge is 0.466 e. The number of ether oxygens (including phenoxy) is 1. The maximum absolute atomic E-state index is 11.7. The fourth-order valence-corrected chi connectivity index (χ4v) is 2.13. The molecule has 3 N–H and O–H groups in total. The lowest BCUT2D eigenvalue weighted by Crippen LogP contribution is -2.44. The number of nitrogens with one attached hydrogen (secondary N) is 1. The van der Waals surface area contributed by atoms with E-state index in [9.17, 15) is 14.4 Å². The minimum Gasteiger partial charge on any atom is -0.466 e. The predicted octanol–water partition coefficient (Wildman–Crippen LogP) is 2.05. The minimum absolute atomic E-state index is 0.0130. The Hall–Kier alpha value is -1.59. The van der Waals surface area contributed by atoms with Crippen LogP contribution in [-0.2, 0) is 19.1 Å². The minimum atomic E-state index is -0.652. The monoisotopic (exact) mass is 314 g/mol. The highest BCUT2D eigenvalue weighted by Crippen LogP contribution is 2.09. The first-order valence-electron chi connectivity index (χ1n) is 8.25. The third-order valence-corrected chi connectivity index (χ3v) is 3.39. The second-order valence-electron chi connectivity index (χ2n) is 5.38. The lowest BCUT2D eigenvalue weighted by Gasteiger charge is -2.15. The number of rotatable bonds is 13. The average Bonchev–Trinajstić information content (AvgIpc) is 2.47. The van der Waals surface area contributed by atoms with E-state index in [0.29, 0.717) is 13.0 Å². The van der Waals surface area contributed by atoms with Crippen LogP contribution >= 0.6 is 0 Å². The van der Waals surface area contributed by atoms with Crippen LogP contribution < -0.4 is 11.1 Å². The van der Waals surface area contributed by atoms with E-state index in [0.717, 1.165) is 19.3 Å². The Balaban J connectivity index is 3.95. The van der Waals surface area contributed by atoms with Gasteiger partial charge in [0.2, 0.25) is 11.8 Å². The number of carbonyl (C=O) groups excluding carboxylic acids is 3. The summed E-state index contributed by atoms with van der Waals surface area (Å²) < 4.78 is 4.75. The van der Waals surface area contributed by atoms with Gasteiger partial charge in [-0.15, -0.1) is 0 Å². The summed E-state index contributed by atoms with van der Waals surface area (Å²) in [6.07, 6.45) is 7.22. The van der Waals surface area contributed by atoms with Gasteiger partial charge in [0, 0.05) is 6.42 Å². The maximum atomic E-state index is 11.7. The van der Waals surface area contributed by atoms with Gasteiger partial charge >= 0.3 is 5.97 Å². The molecule has 1 atom stereocenters. The summed E-state index contributed by atoms with van der Waals surface area (Å²) in [5.74, 6) is -1.29. The third-order valence-electron chi connectivity index (χ3n) is 3.39. The Kier molecular flexibility index (Phi) is 12.2. The molecule has 0 aliphatic heterocycles. The Morgan fingerprint density at radius 1 is 1.00 bits per heavy atom. The lowest BCUT2D eigenvalue weighted by atomic mass is 10.0. The first-order chi connectivity index (χ1) is 10.5. The molecule has 0 aromatic rings. The van der Waals surface area contributed by atoms with Gasteiger partial charge in [-0.2, -0.15) is 0 Å². The van der Waals surface area contributed by atoms with Crippen molar-refractivity contribution in [3.05, 3.63) is 0 Å². The van der Waals surface area contributed by atoms with Gasteiger partial charge in [0.25, 0.3) is 0 Å². The molecular weight excluding hydrogens is 284 g/mol. The molecule has 0 rings (SSSR count). The number of esters is 1. The Labute approximate surface area is 133 Å². The predicted molar refractivity (Wildman–Crippen MR) is 85.0 cm³/mol. The van der Waals surface area contributed by atoms with Crippen molar-refractivity contribution in [2.24, 2.45) is 5.73 Å². The number of hydrogen-bond donors (Lipinski definition) is 2. The first kappa shape index (κ1) is 20.4. The van der Waals surface area contributed by atoms with Crippen LogP contribution in [0.2, 0.25) is 0 Å². The van der Waals surface area contributed by atoms with Crippen molar-refractivity contribution in [1.82, 2.24) is 5.32 Å². The van der Waals surface area contributed by atoms with E-state index in [1.54, 1.807) is 6.92 Å². The van der Waals surface area contributed by atoms with Gasteiger partial charge in [0.1, 0.15) is 6.04 Å². The molecule has 0 spiro atoms. The van der Waals surface area contributed by atoms with Gasteiger partial charge < -0.3 is 15.8 Å². The van der Waals surface area contributed by atoms with Crippen LogP contribution in [-0.4, -0.2) is 30.4 Å². The van der Waals surface area contributed by atoms with E-state index in [1.165, 1.54) is 19.3 Å². The lowest BCUT2D eigenvalue weighted by molar-refractivity contribution is -0.144. The summed E-state index contributed by atoms with van der Waals surface area (Å²) in [5, 5.41) is 2.59. The summed E-state index contributed by atoms with van der Waals surface area (Å²) in [6, 6.07) is -0.652. The summed E-state index contributed by atoms with van der Waals surface area (Å²) >= 11 is 0. The van der Waals surface area contributed by atoms with E-state index >= 15 is 0 Å². The number of primary amides is 1. The average molecular weight is 314 g/mol. The Morgan fingerprint density at radius 2 is 1.64 bits per heavy atom. The molecule has 22 heavy (non-hydrogen) atoms. The number of hydrogen-bond acceptors (Lipinski definition) is 4. The molecule has 0 fully saturated rings. The molecule has 0 bridgehead atoms. The SMILES string of the molecule is CCCCCCCC[C@@H](NC(=O)CCC(=O)OCC)C(N)=O. The maximum Gasteiger partial charge on any atom is 0.306 e. The van der Waals surface area contributed by atoms with Gasteiger partial charge in [-0.25, -0.2) is 0 Å². The van der Waals surface area contributed by atoms with Crippen molar-refractivity contribution < 1.29 is 19.1 Å². The number of unbranched alkanes of at least 4 members (excludes halogenated alkanes) is 5. The van der Waals surface area contributed by atoms with Crippen LogP contribution in [0.4, 0.5) is 0 Å². The normalized spacial score (nSPS) is 11.7. The third kappa shape index (κ3) is 11.1. The second-order valence-corrected chi connectivity index (χ2v) is 5.38. The van der Waals surface area contributed by atoms with E-state index in [-0.39, 0.29) is 18.7 Å². The zero-order valence-corrected chi connectivity index (χ0v) is 13.9. The summed E-state index contributed by atoms with van der Waals surface area (Å²) in [4.78, 5) is 34.2. The smallest absolute Gasteiger partial charge is 0.306 e. The van der Waals surface area contributed by atoms with Gasteiger partial charge in [0.15, 0.2) is 0 Å². The van der Waals surface area contributed by atoms with Crippen molar-refractivity contribution in [3.8, 4) is 0 Å². The first-order valence-corrected chi connectivity index (χ1v) is 8.25. The summed E-state index contributed by atoms with van der Waals surface area (Å²) in [5.41, 5.74) is 5.31. The number of amides is 2. The topological polar surface area (TPSA) is 98.5 Å². The zero-order valence-electron chi connectivity index (χ0n) is 13.9. The molecule has 0 aliphatic carbocycles. The highest BCUT2D eigenvalue weighted by atomic mass is 16.5. The summed E-state index contributed by atoms with van der Waals surface area (Å²) in [6.45, 7) is 4.17. The van der Waals surface area contributed by atoms with E-state index in [4.69, 9.17) is 10.5 Å². The van der Waals surface area contributed by atoms with Crippen molar-refractivity contribution in [1.29, 1.82) is 0 Å². The van der Waals surface area contributed by atoms with Crippen molar-refractivity contribution >= 4 is 17.8 Å². The Bertz CT molecular complexity index is 345. The van der Waals surface area contributed by atoms with Crippen molar-refractivity contribution in [2.45, 2.75) is 77.7 Å². The van der Waals surface area contributed by atoms with Crippen LogP contribution in [0.15, 0.2) is 0 Å². The Morgan fingerprint density at radius 3 is 2.23 bits per heavy atom. The van der Waals surface area contributed by atoms with E-state index in [1.807, 2.05) is 0 Å². The highest BCUT2D eigenvalue weighted by Gasteiger charge is 2.18. The molecule has 0 aromatic carbocycles. The molecule has 2 amide bonds. The fourth-order valence-electron chi connectivity index (χ4n) is 2.13. The quantitative estimate of drug-likeness (QED) is 0.401. The van der Waals surface area contributed by atoms with Crippen LogP contribution in [0.3, 0.4) is 0 Å². The molecule has 0 aliphatic rings. The second kappa shape index (κ2) is 13.1. The molecule has 0 saturated carbocycles. The van der Waals surface area contributed by atoms with Crippen LogP contribution in [0.1, 0.15) is 71.6 Å². The van der Waals surface area contributed by atoms with Crippen molar-refractivity contribution in [2.75, 3.05) is 6.61 Å². The van der Waals surface area contributed by atoms with Gasteiger partial charge in [-0.1, -0.05) is 45.4 Å². The number of nitrogens with two attached hydrogens (primary N) is 1. The molecular formula is C16H30N2O4. The molecule has 128 valence electrons. The standard InChI is InChI=1S/C16H30N2O4/c1-3-5-6-7-8-9-10-13(16(17)21)18-14(19)11-12-15(20)22-4-2/h13H,3-12H2,1-2H3,(H2,17,21)(H,18,19)/t13-/m1/s1. The van der Waals surface area contributed by atoms with Crippen molar-refractivity contribution in [3.63, 3.8) is 0 Å². The molecule has 0 heterocycles. The molecule has 0 aromatic heterocycles. The van der Waals surface area contributed by atoms with Crippen LogP contribution in [0.5, 0.6) is 0 Å². The van der Waals surface area contributed by atoms with Gasteiger partial charge in [-0.05, 0) is 13.3 Å². The van der Waals surface area contributed by atoms with E-state index < -0.39 is 17.9 Å². The van der Waals surface area contributed by atoms with Gasteiger partial charge in [-0.3, -0.25) is 14.4 Å². The zero-order chi connectivity index (χ0) is 16.8. The van der Waals surface area contributed by atoms with Crippen LogP contribution in [0.25, 0.3) is 0 Å². The number of carbonyl (C=O) groups is 3.